The van der Waals surface area contributed by atoms with E-state index in [1.807, 2.05) is 0 Å². The summed E-state index contributed by atoms with van der Waals surface area (Å²) < 4.78 is 9.07. The van der Waals surface area contributed by atoms with Gasteiger partial charge in [-0.15, -0.1) is 0 Å². The van der Waals surface area contributed by atoms with E-state index in [1.165, 1.54) is 77.0 Å². The largest absolute Gasteiger partial charge is 0.393 e. The number of nitrogens with two attached hydrogens (primary N) is 1. The van der Waals surface area contributed by atoms with Crippen molar-refractivity contribution in [3.63, 3.8) is 0 Å². The molecule has 7 nitrogen and oxygen atoms in total. The summed E-state index contributed by atoms with van der Waals surface area (Å²) in [4.78, 5) is 45.4. The fourth-order valence-corrected chi connectivity index (χ4v) is 3.48. The highest BCUT2D eigenvalue weighted by molar-refractivity contribution is 5.88. The van der Waals surface area contributed by atoms with Crippen molar-refractivity contribution in [2.24, 2.45) is 5.73 Å². The van der Waals surface area contributed by atoms with Crippen LogP contribution in [0, 0.1) is 0 Å². The van der Waals surface area contributed by atoms with Gasteiger partial charge >= 0.3 is 23.9 Å². The second-order valence-corrected chi connectivity index (χ2v) is 8.60. The van der Waals surface area contributed by atoms with Crippen LogP contribution < -0.4 is 5.73 Å². The van der Waals surface area contributed by atoms with Gasteiger partial charge in [0.15, 0.2) is 0 Å². The fraction of sp³-hybridized carbons (Fsp3) is 0.840. The molecule has 0 aromatic carbocycles. The molecule has 0 saturated heterocycles. The number of hydrogen-bond acceptors (Lipinski definition) is 7. The van der Waals surface area contributed by atoms with Crippen molar-refractivity contribution in [2.45, 2.75) is 135 Å². The van der Waals surface area contributed by atoms with Gasteiger partial charge in [-0.1, -0.05) is 96.8 Å². The van der Waals surface area contributed by atoms with Crippen molar-refractivity contribution in [3.05, 3.63) is 0 Å². The highest BCUT2D eigenvalue weighted by Gasteiger charge is 2.19. The van der Waals surface area contributed by atoms with Crippen LogP contribution in [0.5, 0.6) is 0 Å². The first-order valence-electron chi connectivity index (χ1n) is 12.6. The molecule has 0 aliphatic heterocycles. The van der Waals surface area contributed by atoms with Crippen LogP contribution in [0.15, 0.2) is 0 Å². The van der Waals surface area contributed by atoms with Gasteiger partial charge in [0.2, 0.25) is 0 Å². The third-order valence-corrected chi connectivity index (χ3v) is 5.42. The Morgan fingerprint density at radius 2 is 1.03 bits per heavy atom. The van der Waals surface area contributed by atoms with E-state index in [1.54, 1.807) is 0 Å². The lowest BCUT2D eigenvalue weighted by Crippen LogP contribution is -2.34. The Morgan fingerprint density at radius 3 is 1.47 bits per heavy atom. The smallest absolute Gasteiger partial charge is 0.330 e. The number of carbonyl (C=O) groups excluding carboxylic acids is 4. The number of hydrogen-bond donors (Lipinski definition) is 1. The van der Waals surface area contributed by atoms with Crippen molar-refractivity contribution in [2.75, 3.05) is 0 Å². The number of ether oxygens (including phenoxy) is 2. The Labute approximate surface area is 194 Å². The minimum Gasteiger partial charge on any atom is -0.393 e. The van der Waals surface area contributed by atoms with Crippen LogP contribution in [0.4, 0.5) is 0 Å². The molecule has 0 saturated carbocycles. The Kier molecular flexibility index (Phi) is 19.9. The molecule has 0 radical (unpaired) electrons. The molecule has 7 heteroatoms. The topological polar surface area (TPSA) is 113 Å². The van der Waals surface area contributed by atoms with E-state index >= 15 is 0 Å². The molecule has 0 spiro atoms. The van der Waals surface area contributed by atoms with Crippen molar-refractivity contribution >= 4 is 23.9 Å². The SMILES string of the molecule is CCCCCCCCCCCCCCCCCC(=O)OC(=O)CC[C@H](N)C(=O)OC(C)=O. The molecule has 186 valence electrons. The van der Waals surface area contributed by atoms with E-state index in [-0.39, 0.29) is 19.3 Å². The van der Waals surface area contributed by atoms with Gasteiger partial charge in [-0.2, -0.15) is 0 Å². The van der Waals surface area contributed by atoms with Crippen LogP contribution in [0.3, 0.4) is 0 Å². The van der Waals surface area contributed by atoms with Gasteiger partial charge in [0.05, 0.1) is 0 Å². The van der Waals surface area contributed by atoms with E-state index in [2.05, 4.69) is 11.7 Å². The lowest BCUT2D eigenvalue weighted by molar-refractivity contribution is -0.159. The maximum absolute atomic E-state index is 11.7. The molecular formula is C25H45NO6. The number of rotatable bonds is 20. The van der Waals surface area contributed by atoms with E-state index in [9.17, 15) is 19.2 Å². The van der Waals surface area contributed by atoms with E-state index < -0.39 is 29.9 Å². The summed E-state index contributed by atoms with van der Waals surface area (Å²) in [6, 6.07) is -1.10. The summed E-state index contributed by atoms with van der Waals surface area (Å²) in [6.07, 6.45) is 18.7. The first kappa shape index (κ1) is 30.2. The van der Waals surface area contributed by atoms with Gasteiger partial charge in [0.25, 0.3) is 0 Å². The van der Waals surface area contributed by atoms with Crippen molar-refractivity contribution in [1.82, 2.24) is 0 Å². The summed E-state index contributed by atoms with van der Waals surface area (Å²) in [6.45, 7) is 3.34. The molecule has 1 atom stereocenters. The first-order chi connectivity index (χ1) is 15.4. The van der Waals surface area contributed by atoms with Gasteiger partial charge in [0.1, 0.15) is 6.04 Å². The number of carbonyl (C=O) groups is 4. The fourth-order valence-electron chi connectivity index (χ4n) is 3.48. The Morgan fingerprint density at radius 1 is 0.625 bits per heavy atom. The molecule has 0 fully saturated rings. The van der Waals surface area contributed by atoms with Gasteiger partial charge in [-0.05, 0) is 12.8 Å². The van der Waals surface area contributed by atoms with Crippen molar-refractivity contribution < 1.29 is 28.7 Å². The van der Waals surface area contributed by atoms with E-state index in [0.29, 0.717) is 6.42 Å². The Balaban J connectivity index is 3.48. The van der Waals surface area contributed by atoms with Crippen LogP contribution in [0.25, 0.3) is 0 Å². The zero-order valence-electron chi connectivity index (χ0n) is 20.3. The molecule has 0 rings (SSSR count). The zero-order chi connectivity index (χ0) is 24.0. The molecule has 0 aromatic heterocycles. The van der Waals surface area contributed by atoms with Gasteiger partial charge in [-0.25, -0.2) is 4.79 Å². The zero-order valence-corrected chi connectivity index (χ0v) is 20.3. The molecule has 0 aromatic rings. The van der Waals surface area contributed by atoms with Crippen LogP contribution in [0.1, 0.15) is 129 Å². The van der Waals surface area contributed by atoms with Crippen LogP contribution >= 0.6 is 0 Å². The third kappa shape index (κ3) is 20.2. The van der Waals surface area contributed by atoms with E-state index in [0.717, 1.165) is 19.8 Å². The molecule has 2 N–H and O–H groups in total. The summed E-state index contributed by atoms with van der Waals surface area (Å²) in [5, 5.41) is 0. The van der Waals surface area contributed by atoms with Gasteiger partial charge in [0, 0.05) is 19.8 Å². The summed E-state index contributed by atoms with van der Waals surface area (Å²) in [5.41, 5.74) is 5.52. The van der Waals surface area contributed by atoms with Gasteiger partial charge in [-0.3, -0.25) is 14.4 Å². The quantitative estimate of drug-likeness (QED) is 0.146. The van der Waals surface area contributed by atoms with Crippen LogP contribution in [-0.2, 0) is 28.7 Å². The second-order valence-electron chi connectivity index (χ2n) is 8.60. The molecule has 0 heterocycles. The highest BCUT2D eigenvalue weighted by Crippen LogP contribution is 2.14. The molecule has 0 unspecified atom stereocenters. The maximum Gasteiger partial charge on any atom is 0.330 e. The lowest BCUT2D eigenvalue weighted by Gasteiger charge is -2.08. The minimum atomic E-state index is -1.10. The molecule has 0 aliphatic carbocycles. The molecular weight excluding hydrogens is 410 g/mol. The Bertz CT molecular complexity index is 535. The van der Waals surface area contributed by atoms with Crippen LogP contribution in [0.2, 0.25) is 0 Å². The average molecular weight is 456 g/mol. The van der Waals surface area contributed by atoms with Crippen molar-refractivity contribution in [3.8, 4) is 0 Å². The average Bonchev–Trinajstić information content (AvgIpc) is 2.74. The van der Waals surface area contributed by atoms with E-state index in [4.69, 9.17) is 10.5 Å². The molecule has 0 amide bonds. The molecule has 0 aliphatic rings. The first-order valence-corrected chi connectivity index (χ1v) is 12.6. The minimum absolute atomic E-state index is 0.0445. The third-order valence-electron chi connectivity index (χ3n) is 5.42. The second kappa shape index (κ2) is 21.1. The predicted molar refractivity (Wildman–Crippen MR) is 125 cm³/mol. The lowest BCUT2D eigenvalue weighted by atomic mass is 10.0. The normalized spacial score (nSPS) is 11.7. The van der Waals surface area contributed by atoms with Crippen LogP contribution in [-0.4, -0.2) is 29.9 Å². The maximum atomic E-state index is 11.7. The number of unbranched alkanes of at least 4 members (excludes halogenated alkanes) is 14. The summed E-state index contributed by atoms with van der Waals surface area (Å²) >= 11 is 0. The standard InChI is InChI=1S/C25H45NO6/c1-3-4-5-6-7-8-9-10-11-12-13-14-15-16-17-18-23(28)32-24(29)20-19-22(26)25(30)31-21(2)27/h22H,3-20,26H2,1-2H3/t22-/m0/s1. The summed E-state index contributed by atoms with van der Waals surface area (Å²) in [5.74, 6) is -2.92. The number of esters is 4. The van der Waals surface area contributed by atoms with Gasteiger partial charge < -0.3 is 15.2 Å². The predicted octanol–water partition coefficient (Wildman–Crippen LogP) is 5.51. The Hall–Kier alpha value is -1.76. The van der Waals surface area contributed by atoms with Crippen molar-refractivity contribution in [1.29, 1.82) is 0 Å². The highest BCUT2D eigenvalue weighted by atomic mass is 16.6. The summed E-state index contributed by atoms with van der Waals surface area (Å²) in [7, 11) is 0. The monoisotopic (exact) mass is 455 g/mol. The molecule has 32 heavy (non-hydrogen) atoms. The molecule has 0 bridgehead atoms.